The molecule has 0 unspecified atom stereocenters. The zero-order valence-corrected chi connectivity index (χ0v) is 38.6. The molecule has 4 aliphatic heterocycles. The normalized spacial score (nSPS) is 60.2. The third-order valence-corrected chi connectivity index (χ3v) is 19.9. The first kappa shape index (κ1) is 48.1. The summed E-state index contributed by atoms with van der Waals surface area (Å²) in [5.41, 5.74) is -2.31. The average molecular weight is 913 g/mol. The van der Waals surface area contributed by atoms with Gasteiger partial charge in [-0.25, -0.2) is 0 Å². The Balaban J connectivity index is 0.979. The summed E-state index contributed by atoms with van der Waals surface area (Å²) >= 11 is 0. The van der Waals surface area contributed by atoms with Gasteiger partial charge in [-0.1, -0.05) is 60.6 Å². The molecule has 4 saturated heterocycles. The van der Waals surface area contributed by atoms with Crippen LogP contribution in [0, 0.1) is 56.7 Å². The van der Waals surface area contributed by atoms with Crippen LogP contribution in [0.15, 0.2) is 12.2 Å². The molecule has 2 bridgehead atoms. The van der Waals surface area contributed by atoms with E-state index in [2.05, 4.69) is 60.6 Å². The zero-order chi connectivity index (χ0) is 46.4. The topological polar surface area (TPSA) is 267 Å². The minimum atomic E-state index is -1.79. The van der Waals surface area contributed by atoms with E-state index in [1.165, 1.54) is 0 Å². The lowest BCUT2D eigenvalue weighted by atomic mass is 9.31. The molecule has 17 heteroatoms. The highest BCUT2D eigenvalue weighted by molar-refractivity contribution is 5.36. The van der Waals surface area contributed by atoms with E-state index in [1.807, 2.05) is 0 Å². The highest BCUT2D eigenvalue weighted by atomic mass is 16.8. The Bertz CT molecular complexity index is 1750. The molecule has 0 aromatic rings. The Morgan fingerprint density at radius 3 is 2.02 bits per heavy atom. The van der Waals surface area contributed by atoms with Gasteiger partial charge in [0.25, 0.3) is 0 Å². The van der Waals surface area contributed by atoms with Gasteiger partial charge in [0, 0.05) is 16.7 Å². The molecule has 0 radical (unpaired) electrons. The first-order valence-electron chi connectivity index (χ1n) is 23.9. The third-order valence-electron chi connectivity index (χ3n) is 19.9. The number of ether oxygens (including phenoxy) is 7. The molecule has 27 atom stereocenters. The van der Waals surface area contributed by atoms with Crippen molar-refractivity contribution in [3.63, 3.8) is 0 Å². The third kappa shape index (κ3) is 6.57. The fraction of sp³-hybridized carbons (Fsp3) is 0.957. The van der Waals surface area contributed by atoms with Crippen LogP contribution in [0.3, 0.4) is 0 Å². The second kappa shape index (κ2) is 16.3. The second-order valence-electron chi connectivity index (χ2n) is 23.0. The molecule has 17 nitrogen and oxygen atoms in total. The van der Waals surface area contributed by atoms with Crippen LogP contribution in [0.4, 0.5) is 0 Å². The van der Waals surface area contributed by atoms with Gasteiger partial charge in [0.2, 0.25) is 0 Å². The van der Waals surface area contributed by atoms with Crippen LogP contribution in [0.1, 0.15) is 93.9 Å². The van der Waals surface area contributed by atoms with E-state index >= 15 is 0 Å². The van der Waals surface area contributed by atoms with Crippen LogP contribution in [0.2, 0.25) is 0 Å². The van der Waals surface area contributed by atoms with E-state index < -0.39 is 134 Å². The quantitative estimate of drug-likeness (QED) is 0.120. The maximum Gasteiger partial charge on any atom is 0.187 e. The standard InChI is InChI=1S/C47H76O17/c1-20-21(2)38-46(15-23(20)49)19-59-47(38)14-10-27-43(6)12-11-29(42(4,5)26(43)9-13-44(27,7)45(47,8)16-28(46)51)62-40-36(33(55)30(52)22(3)60-40)64-41-37(34(56)32(54)25(17-48)61-41)63-39-35(57)31(53)24(50)18-58-39/h10,14,20-41,48-57H,9,11-13,15-19H2,1-8H3/t20-,21-,22-,23-,24-,25-,26-,27-,28-,29-,30-,31+,32-,33-,34+,35+,36-,37-,38+,39-,40+,41-,43+,44-,45+,46-,47-/m1/s1. The van der Waals surface area contributed by atoms with Gasteiger partial charge >= 0.3 is 0 Å². The summed E-state index contributed by atoms with van der Waals surface area (Å²) in [4.78, 5) is 0. The number of fused-ring (bicyclic) bond motifs is 4. The smallest absolute Gasteiger partial charge is 0.187 e. The molecule has 0 amide bonds. The molecular formula is C47H76O17. The first-order chi connectivity index (χ1) is 29.9. The lowest BCUT2D eigenvalue weighted by Gasteiger charge is -2.73. The van der Waals surface area contributed by atoms with Crippen molar-refractivity contribution in [2.45, 2.75) is 204 Å². The Hall–Kier alpha value is -0.940. The molecule has 9 aliphatic rings. The maximum absolute atomic E-state index is 12.3. The average Bonchev–Trinajstić information content (AvgIpc) is 3.54. The van der Waals surface area contributed by atoms with E-state index in [4.69, 9.17) is 33.2 Å². The summed E-state index contributed by atoms with van der Waals surface area (Å²) in [5.74, 6) is 0.620. The SMILES string of the molecule is C[C@@H]1[C@@H](C)[C@H]2[C@@]3(CO[C@]24C=C[C@@H]2[C@@]5(C)CC[C@@H](O[C@@H]6O[C@H](C)[C@@H](O)[C@@H](O)[C@H]6O[C@H]6O[C@H](CO)[C@@H](O)[C@H](O)[C@H]6O[C@H]6OC[C@@H](O)[C@H](O)[C@@H]6O)C(C)(C)[C@H]5CC[C@@]2(C)[C@]4(C)C[C@H]3O)C[C@H]1O. The second-order valence-corrected chi connectivity index (χ2v) is 23.0. The van der Waals surface area contributed by atoms with Gasteiger partial charge in [-0.2, -0.15) is 0 Å². The lowest BCUT2D eigenvalue weighted by molar-refractivity contribution is -0.393. The van der Waals surface area contributed by atoms with Crippen molar-refractivity contribution in [2.75, 3.05) is 19.8 Å². The van der Waals surface area contributed by atoms with Crippen LogP contribution >= 0.6 is 0 Å². The predicted molar refractivity (Wildman–Crippen MR) is 223 cm³/mol. The van der Waals surface area contributed by atoms with Crippen molar-refractivity contribution in [3.8, 4) is 0 Å². The highest BCUT2D eigenvalue weighted by Crippen LogP contribution is 2.79. The minimum absolute atomic E-state index is 0.0759. The monoisotopic (exact) mass is 913 g/mol. The summed E-state index contributed by atoms with van der Waals surface area (Å²) in [6.07, 6.45) is -13.6. The predicted octanol–water partition coefficient (Wildman–Crippen LogP) is 0.0945. The summed E-state index contributed by atoms with van der Waals surface area (Å²) in [6.45, 7) is 16.9. The minimum Gasteiger partial charge on any atom is -0.394 e. The molecule has 4 heterocycles. The van der Waals surface area contributed by atoms with Gasteiger partial charge in [-0.05, 0) is 85.4 Å². The Morgan fingerprint density at radius 2 is 1.33 bits per heavy atom. The fourth-order valence-corrected chi connectivity index (χ4v) is 15.8. The maximum atomic E-state index is 12.3. The van der Waals surface area contributed by atoms with Crippen molar-refractivity contribution in [2.24, 2.45) is 56.7 Å². The first-order valence-corrected chi connectivity index (χ1v) is 23.9. The van der Waals surface area contributed by atoms with Crippen molar-refractivity contribution in [1.82, 2.24) is 0 Å². The molecule has 8 fully saturated rings. The van der Waals surface area contributed by atoms with Crippen LogP contribution in [0.5, 0.6) is 0 Å². The van der Waals surface area contributed by atoms with Crippen molar-refractivity contribution >= 4 is 0 Å². The van der Waals surface area contributed by atoms with E-state index in [1.54, 1.807) is 6.92 Å². The number of aliphatic hydroxyl groups excluding tert-OH is 10. The molecular weight excluding hydrogens is 836 g/mol. The van der Waals surface area contributed by atoms with Crippen molar-refractivity contribution < 1.29 is 84.2 Å². The van der Waals surface area contributed by atoms with Gasteiger partial charge in [-0.15, -0.1) is 0 Å². The molecule has 9 rings (SSSR count). The Labute approximate surface area is 376 Å². The largest absolute Gasteiger partial charge is 0.394 e. The van der Waals surface area contributed by atoms with Crippen LogP contribution in [0.25, 0.3) is 0 Å². The van der Waals surface area contributed by atoms with E-state index in [0.717, 1.165) is 19.3 Å². The Kier molecular flexibility index (Phi) is 12.3. The molecule has 1 spiro atoms. The van der Waals surface area contributed by atoms with E-state index in [-0.39, 0.29) is 45.8 Å². The zero-order valence-electron chi connectivity index (χ0n) is 38.6. The van der Waals surface area contributed by atoms with Crippen LogP contribution in [-0.4, -0.2) is 181 Å². The number of hydrogen-bond acceptors (Lipinski definition) is 17. The summed E-state index contributed by atoms with van der Waals surface area (Å²) in [6, 6.07) is 0. The van der Waals surface area contributed by atoms with Gasteiger partial charge in [-0.3, -0.25) is 0 Å². The number of rotatable bonds is 7. The summed E-state index contributed by atoms with van der Waals surface area (Å²) < 4.78 is 43.9. The van der Waals surface area contributed by atoms with Crippen molar-refractivity contribution in [1.29, 1.82) is 0 Å². The Morgan fingerprint density at radius 1 is 0.672 bits per heavy atom. The molecule has 0 aromatic carbocycles. The highest BCUT2D eigenvalue weighted by Gasteiger charge is 2.80. The number of aliphatic hydroxyl groups is 10. The molecule has 4 saturated carbocycles. The fourth-order valence-electron chi connectivity index (χ4n) is 15.8. The molecule has 5 aliphatic carbocycles. The molecule has 366 valence electrons. The van der Waals surface area contributed by atoms with Gasteiger partial charge in [0.05, 0.1) is 49.8 Å². The number of allylic oxidation sites excluding steroid dienone is 1. The van der Waals surface area contributed by atoms with E-state index in [9.17, 15) is 51.1 Å². The van der Waals surface area contributed by atoms with Gasteiger partial charge in [0.1, 0.15) is 61.0 Å². The summed E-state index contributed by atoms with van der Waals surface area (Å²) in [5, 5.41) is 109. The van der Waals surface area contributed by atoms with Gasteiger partial charge in [0.15, 0.2) is 18.9 Å². The molecule has 64 heavy (non-hydrogen) atoms. The van der Waals surface area contributed by atoms with Crippen molar-refractivity contribution in [3.05, 3.63) is 12.2 Å². The summed E-state index contributed by atoms with van der Waals surface area (Å²) in [7, 11) is 0. The lowest BCUT2D eigenvalue weighted by Crippen LogP contribution is -2.73. The van der Waals surface area contributed by atoms with E-state index in [0.29, 0.717) is 25.9 Å². The molecule has 10 N–H and O–H groups in total. The van der Waals surface area contributed by atoms with Crippen LogP contribution in [-0.2, 0) is 33.2 Å². The van der Waals surface area contributed by atoms with Gasteiger partial charge < -0.3 is 84.2 Å². The number of hydrogen-bond donors (Lipinski definition) is 10. The van der Waals surface area contributed by atoms with Crippen LogP contribution < -0.4 is 0 Å². The molecule has 0 aromatic heterocycles.